The number of nitrogens with zero attached hydrogens (tertiary/aromatic N) is 3. The van der Waals surface area contributed by atoms with Crippen molar-refractivity contribution < 1.29 is 9.21 Å². The first-order valence-corrected chi connectivity index (χ1v) is 5.45. The summed E-state index contributed by atoms with van der Waals surface area (Å²) < 4.78 is 5.02. The molecule has 84 valence electrons. The fraction of sp³-hybridized carbons (Fsp3) is 0.333. The Bertz CT molecular complexity index is 505. The molecule has 7 heteroatoms. The van der Waals surface area contributed by atoms with Crippen LogP contribution >= 0.6 is 11.3 Å². The highest BCUT2D eigenvalue weighted by Gasteiger charge is 2.12. The van der Waals surface area contributed by atoms with Gasteiger partial charge in [-0.3, -0.25) is 4.79 Å². The molecular weight excluding hydrogens is 228 g/mol. The predicted octanol–water partition coefficient (Wildman–Crippen LogP) is 1.07. The summed E-state index contributed by atoms with van der Waals surface area (Å²) in [5.41, 5.74) is 0.717. The number of nitrogens with one attached hydrogen (secondary N) is 1. The molecule has 2 aromatic rings. The minimum atomic E-state index is -0.243. The molecule has 0 saturated carbocycles. The van der Waals surface area contributed by atoms with Gasteiger partial charge >= 0.3 is 0 Å². The average Bonchev–Trinajstić information content (AvgIpc) is 2.84. The van der Waals surface area contributed by atoms with E-state index < -0.39 is 0 Å². The van der Waals surface area contributed by atoms with Gasteiger partial charge in [0.05, 0.1) is 6.54 Å². The monoisotopic (exact) mass is 238 g/mol. The van der Waals surface area contributed by atoms with E-state index in [4.69, 9.17) is 4.42 Å². The molecule has 0 radical (unpaired) electrons. The lowest BCUT2D eigenvalue weighted by Gasteiger charge is -1.99. The summed E-state index contributed by atoms with van der Waals surface area (Å²) in [6.07, 6.45) is 1.35. The molecule has 2 aromatic heterocycles. The molecule has 6 nitrogen and oxygen atoms in total. The van der Waals surface area contributed by atoms with Crippen molar-refractivity contribution in [1.29, 1.82) is 0 Å². The third-order valence-electron chi connectivity index (χ3n) is 1.98. The summed E-state index contributed by atoms with van der Waals surface area (Å²) in [6, 6.07) is 0. The molecule has 0 spiro atoms. The Hall–Kier alpha value is -1.76. The Balaban J connectivity index is 1.96. The standard InChI is InChI=1S/C9H10N4O2S/c1-5-7(11-4-15-5)3-10-8(14)9-13-12-6(2)16-9/h4H,3H2,1-2H3,(H,10,14). The first-order valence-electron chi connectivity index (χ1n) is 4.64. The summed E-state index contributed by atoms with van der Waals surface area (Å²) in [6.45, 7) is 3.93. The molecule has 0 aromatic carbocycles. The SMILES string of the molecule is Cc1nnc(C(=O)NCc2ncoc2C)s1. The normalized spacial score (nSPS) is 10.4. The van der Waals surface area contributed by atoms with Crippen LogP contribution in [0, 0.1) is 13.8 Å². The van der Waals surface area contributed by atoms with E-state index >= 15 is 0 Å². The van der Waals surface area contributed by atoms with Crippen LogP contribution < -0.4 is 5.32 Å². The van der Waals surface area contributed by atoms with E-state index in [0.717, 1.165) is 10.7 Å². The van der Waals surface area contributed by atoms with E-state index in [1.54, 1.807) is 13.8 Å². The molecule has 1 N–H and O–H groups in total. The molecule has 0 fully saturated rings. The second-order valence-electron chi connectivity index (χ2n) is 3.16. The van der Waals surface area contributed by atoms with Crippen molar-refractivity contribution in [2.75, 3.05) is 0 Å². The number of amides is 1. The molecule has 2 heterocycles. The molecule has 0 aliphatic carbocycles. The van der Waals surface area contributed by atoms with E-state index in [1.165, 1.54) is 17.7 Å². The van der Waals surface area contributed by atoms with E-state index in [-0.39, 0.29) is 5.91 Å². The molecule has 0 atom stereocenters. The molecule has 2 rings (SSSR count). The largest absolute Gasteiger partial charge is 0.448 e. The second kappa shape index (κ2) is 4.40. The van der Waals surface area contributed by atoms with Gasteiger partial charge in [0.1, 0.15) is 16.5 Å². The van der Waals surface area contributed by atoms with E-state index in [1.807, 2.05) is 0 Å². The fourth-order valence-corrected chi connectivity index (χ4v) is 1.73. The molecular formula is C9H10N4O2S. The minimum absolute atomic E-state index is 0.243. The maximum Gasteiger partial charge on any atom is 0.282 e. The average molecular weight is 238 g/mol. The number of carbonyl (C=O) groups excluding carboxylic acids is 1. The minimum Gasteiger partial charge on any atom is -0.448 e. The lowest BCUT2D eigenvalue weighted by molar-refractivity contribution is 0.0949. The third kappa shape index (κ3) is 2.25. The van der Waals surface area contributed by atoms with Gasteiger partial charge in [-0.05, 0) is 13.8 Å². The van der Waals surface area contributed by atoms with Crippen molar-refractivity contribution >= 4 is 17.2 Å². The maximum atomic E-state index is 11.6. The first-order chi connectivity index (χ1) is 7.66. The third-order valence-corrected chi connectivity index (χ3v) is 2.82. The van der Waals surface area contributed by atoms with E-state index in [9.17, 15) is 4.79 Å². The van der Waals surface area contributed by atoms with Crippen LogP contribution in [0.25, 0.3) is 0 Å². The molecule has 0 saturated heterocycles. The highest BCUT2D eigenvalue weighted by Crippen LogP contribution is 2.08. The zero-order valence-electron chi connectivity index (χ0n) is 8.85. The summed E-state index contributed by atoms with van der Waals surface area (Å²) in [5.74, 6) is 0.460. The van der Waals surface area contributed by atoms with Crippen molar-refractivity contribution in [3.8, 4) is 0 Å². The zero-order chi connectivity index (χ0) is 11.5. The number of oxazole rings is 1. The number of rotatable bonds is 3. The quantitative estimate of drug-likeness (QED) is 0.865. The van der Waals surface area contributed by atoms with Gasteiger partial charge in [-0.1, -0.05) is 11.3 Å². The highest BCUT2D eigenvalue weighted by atomic mass is 32.1. The number of hydrogen-bond acceptors (Lipinski definition) is 6. The molecule has 0 aliphatic rings. The Morgan fingerprint density at radius 1 is 1.50 bits per heavy atom. The predicted molar refractivity (Wildman–Crippen MR) is 57.1 cm³/mol. The van der Waals surface area contributed by atoms with Crippen molar-refractivity contribution in [3.05, 3.63) is 27.9 Å². The van der Waals surface area contributed by atoms with E-state index in [0.29, 0.717) is 17.3 Å². The van der Waals surface area contributed by atoms with Crippen LogP contribution in [-0.2, 0) is 6.54 Å². The van der Waals surface area contributed by atoms with Crippen LogP contribution in [0.3, 0.4) is 0 Å². The summed E-state index contributed by atoms with van der Waals surface area (Å²) >= 11 is 1.26. The molecule has 0 unspecified atom stereocenters. The van der Waals surface area contributed by atoms with Crippen molar-refractivity contribution in [2.24, 2.45) is 0 Å². The van der Waals surface area contributed by atoms with Crippen molar-refractivity contribution in [3.63, 3.8) is 0 Å². The molecule has 16 heavy (non-hydrogen) atoms. The Morgan fingerprint density at radius 3 is 2.88 bits per heavy atom. The van der Waals surface area contributed by atoms with Gasteiger partial charge in [-0.2, -0.15) is 0 Å². The fourth-order valence-electron chi connectivity index (χ4n) is 1.13. The number of aryl methyl sites for hydroxylation is 2. The van der Waals surface area contributed by atoms with Gasteiger partial charge in [0.25, 0.3) is 5.91 Å². The van der Waals surface area contributed by atoms with Crippen LogP contribution in [0.15, 0.2) is 10.8 Å². The smallest absolute Gasteiger partial charge is 0.282 e. The van der Waals surface area contributed by atoms with Crippen LogP contribution in [0.1, 0.15) is 26.3 Å². The van der Waals surface area contributed by atoms with E-state index in [2.05, 4.69) is 20.5 Å². The summed E-state index contributed by atoms with van der Waals surface area (Å²) in [5, 5.41) is 11.4. The lowest BCUT2D eigenvalue weighted by Crippen LogP contribution is -2.23. The van der Waals surface area contributed by atoms with Gasteiger partial charge in [0, 0.05) is 0 Å². The maximum absolute atomic E-state index is 11.6. The van der Waals surface area contributed by atoms with Gasteiger partial charge < -0.3 is 9.73 Å². The lowest BCUT2D eigenvalue weighted by atomic mass is 10.3. The molecule has 0 bridgehead atoms. The second-order valence-corrected chi connectivity index (χ2v) is 4.35. The van der Waals surface area contributed by atoms with Crippen LogP contribution in [0.5, 0.6) is 0 Å². The zero-order valence-corrected chi connectivity index (χ0v) is 9.67. The van der Waals surface area contributed by atoms with Crippen LogP contribution in [-0.4, -0.2) is 21.1 Å². The van der Waals surface area contributed by atoms with Crippen LogP contribution in [0.4, 0.5) is 0 Å². The summed E-state index contributed by atoms with van der Waals surface area (Å²) in [4.78, 5) is 15.6. The highest BCUT2D eigenvalue weighted by molar-refractivity contribution is 7.13. The van der Waals surface area contributed by atoms with Gasteiger partial charge in [0.2, 0.25) is 5.01 Å². The van der Waals surface area contributed by atoms with Gasteiger partial charge in [-0.25, -0.2) is 4.98 Å². The summed E-state index contributed by atoms with van der Waals surface area (Å²) in [7, 11) is 0. The Labute approximate surface area is 95.7 Å². The molecule has 1 amide bonds. The van der Waals surface area contributed by atoms with Crippen molar-refractivity contribution in [1.82, 2.24) is 20.5 Å². The Kier molecular flexibility index (Phi) is 2.95. The number of carbonyl (C=O) groups is 1. The number of hydrogen-bond donors (Lipinski definition) is 1. The number of aromatic nitrogens is 3. The molecule has 0 aliphatic heterocycles. The van der Waals surface area contributed by atoms with Crippen LogP contribution in [0.2, 0.25) is 0 Å². The van der Waals surface area contributed by atoms with Crippen molar-refractivity contribution in [2.45, 2.75) is 20.4 Å². The Morgan fingerprint density at radius 2 is 2.31 bits per heavy atom. The topological polar surface area (TPSA) is 80.9 Å². The first kappa shape index (κ1) is 10.7. The van der Waals surface area contributed by atoms with Gasteiger partial charge in [0.15, 0.2) is 6.39 Å². The van der Waals surface area contributed by atoms with Gasteiger partial charge in [-0.15, -0.1) is 10.2 Å².